The van der Waals surface area contributed by atoms with Crippen molar-refractivity contribution >= 4 is 158 Å². The van der Waals surface area contributed by atoms with Crippen molar-refractivity contribution in [3.8, 4) is 0 Å². The van der Waals surface area contributed by atoms with Crippen LogP contribution >= 0.6 is 21.6 Å². The second-order valence-electron chi connectivity index (χ2n) is 29.2. The lowest BCUT2D eigenvalue weighted by Gasteiger charge is -2.29. The Morgan fingerprint density at radius 2 is 0.569 bits per heavy atom. The van der Waals surface area contributed by atoms with Gasteiger partial charge in [0.1, 0.15) is 60.4 Å². The van der Waals surface area contributed by atoms with E-state index in [1.165, 1.54) is 0 Å². The lowest BCUT2D eigenvalue weighted by molar-refractivity contribution is -0.388. The number of nitrogens with two attached hydrogens (primary N) is 11. The number of primary amides is 2. The smallest absolute Gasteiger partial charge is 0.303 e. The van der Waals surface area contributed by atoms with Gasteiger partial charge in [0.05, 0.1) is 10.5 Å². The number of nitro groups is 1. The average Bonchev–Trinajstić information content (AvgIpc) is 0.918. The molecule has 0 unspecified atom stereocenters. The van der Waals surface area contributed by atoms with Crippen LogP contribution in [-0.2, 0) is 57.5 Å². The molecular weight excluding hydrogens is 1750 g/mol. The summed E-state index contributed by atoms with van der Waals surface area (Å²) in [6.45, 7) is 1.11. The van der Waals surface area contributed by atoms with Gasteiger partial charge in [0.15, 0.2) is 58.7 Å². The topological polar surface area (TPSA) is 1020 Å². The highest BCUT2D eigenvalue weighted by Gasteiger charge is 2.37. The number of hydrogen-bond acceptors (Lipinski definition) is 27. The van der Waals surface area contributed by atoms with Crippen LogP contribution in [0.1, 0.15) is 159 Å². The van der Waals surface area contributed by atoms with Crippen molar-refractivity contribution in [3.63, 3.8) is 0 Å². The quantitative estimate of drug-likeness (QED) is 0.00719. The molecule has 0 fully saturated rings. The second kappa shape index (κ2) is 64.5. The second-order valence-corrected chi connectivity index (χ2v) is 31.6. The number of guanidine groups is 9. The third kappa shape index (κ3) is 53.3. The fraction of sp³-hybridized carbons (Fsp3) is 0.620. The standard InChI is InChI=1S/C71H132N42O15S2/c1-37(114)103-40(15-6-26-94-64(76)77)54(119)106-42(17-8-28-96-66(80)81)56(121)108-44(19-10-30-98-68(84)85)58(123)110-46(21-12-32-100-70(88)89)60(125)112-47(22-13-33-101-71(90)91)61(126)111-45(20-11-31-99-69(86)87)59(124)109-43(18-9-29-97-67(82)83)57(122)107-41(16-7-27-95-65(78)79)55(120)105-39(14-5-25-93-63(74)75)53(118)92-24-4-2-3-23-50(115)104-48(52(73)117)36-129-130-62-49(113(127)128)34-38(35-102-62)51(72)116/h34-35,39-48H,2-33,36H2,1H3,(H2,72,116)(H2,73,117)(H,92,118)(H,103,114)(H,104,115)(H,105,120)(H,106,119)(H,107,122)(H,108,121)(H,109,124)(H,110,123)(H,111,126)(H,112,125)(H4,74,75,93)(H4,76,77,94)(H4,78,79,95)(H4,80,81,96)(H4,82,83,97)(H4,84,85,98)(H4,86,87,99)(H4,88,89,100)(H4,90,91,101)/t39-,40-,41-,42-,43-,44-,45-,46-,47-,48-/m0/s1. The summed E-state index contributed by atoms with van der Waals surface area (Å²) in [6.07, 6.45) is 0.451. The fourth-order valence-corrected chi connectivity index (χ4v) is 14.1. The number of nitrogens with one attached hydrogen (secondary N) is 29. The Kier molecular flexibility index (Phi) is 56.5. The van der Waals surface area contributed by atoms with Gasteiger partial charge in [-0.15, -0.1) is 0 Å². The van der Waals surface area contributed by atoms with E-state index in [4.69, 9.17) is 112 Å². The molecular formula is C71H132N42O15S2. The van der Waals surface area contributed by atoms with Crippen LogP contribution in [0.25, 0.3) is 0 Å². The van der Waals surface area contributed by atoms with Crippen LogP contribution in [0.15, 0.2) is 17.3 Å². The Hall–Kier alpha value is -14.2. The average molecular weight is 1880 g/mol. The van der Waals surface area contributed by atoms with Gasteiger partial charge in [0, 0.05) is 96.8 Å². The van der Waals surface area contributed by atoms with Crippen molar-refractivity contribution in [2.45, 2.75) is 214 Å². The van der Waals surface area contributed by atoms with Crippen LogP contribution in [0.5, 0.6) is 0 Å². The first-order chi connectivity index (χ1) is 61.4. The summed E-state index contributed by atoms with van der Waals surface area (Å²) in [5.41, 5.74) is 60.0. The van der Waals surface area contributed by atoms with E-state index in [9.17, 15) is 58.1 Å². The van der Waals surface area contributed by atoms with E-state index in [1.807, 2.05) is 0 Å². The maximum absolute atomic E-state index is 15.1. The predicted molar refractivity (Wildman–Crippen MR) is 486 cm³/mol. The molecule has 0 aliphatic heterocycles. The van der Waals surface area contributed by atoms with Crippen molar-refractivity contribution in [2.24, 2.45) is 63.1 Å². The monoisotopic (exact) mass is 1880 g/mol. The molecule has 51 N–H and O–H groups in total. The molecule has 13 amide bonds. The summed E-state index contributed by atoms with van der Waals surface area (Å²) in [6, 6.07) is -13.9. The Morgan fingerprint density at radius 3 is 0.792 bits per heavy atom. The zero-order chi connectivity index (χ0) is 97.8. The SMILES string of the molecule is CC(=O)N[C@@H](CCCNC(=N)N)C(=O)N[C@@H](CCCNC(=N)N)C(=O)N[C@@H](CCCNC(=N)N)C(=O)N[C@@H](CCCNC(=N)N)C(=O)N[C@@H](CCCNC(=N)N)C(=O)N[C@@H](CCCNC(=N)N)C(=O)N[C@@H](CCCNC(=N)N)C(=O)N[C@@H](CCCNC(=N)N)C(=O)N[C@@H](CCCNC(=N)N)C(=O)NCCCCCC(=O)N[C@@H](CSSc1ncc(C(N)=O)cc1[N+](=O)[O-])C(N)=O. The molecule has 0 aliphatic rings. The lowest BCUT2D eigenvalue weighted by Crippen LogP contribution is -2.60. The summed E-state index contributed by atoms with van der Waals surface area (Å²) in [5.74, 6) is -15.6. The van der Waals surface area contributed by atoms with Crippen LogP contribution in [0.4, 0.5) is 5.69 Å². The molecule has 1 aromatic rings. The number of carbonyl (C=O) groups excluding carboxylic acids is 13. The first kappa shape index (κ1) is 114. The highest BCUT2D eigenvalue weighted by atomic mass is 33.1. The van der Waals surface area contributed by atoms with Crippen LogP contribution in [0, 0.1) is 58.8 Å². The van der Waals surface area contributed by atoms with Crippen molar-refractivity contribution in [2.75, 3.05) is 71.2 Å². The summed E-state index contributed by atoms with van der Waals surface area (Å²) in [7, 11) is 1.72. The van der Waals surface area contributed by atoms with E-state index in [2.05, 4.69) is 111 Å². The van der Waals surface area contributed by atoms with Crippen molar-refractivity contribution in [1.82, 2.24) is 111 Å². The Labute approximate surface area is 757 Å². The highest BCUT2D eigenvalue weighted by Crippen LogP contribution is 2.36. The molecule has 728 valence electrons. The molecule has 0 radical (unpaired) electrons. The van der Waals surface area contributed by atoms with Gasteiger partial charge in [-0.05, 0) is 139 Å². The highest BCUT2D eigenvalue weighted by molar-refractivity contribution is 8.76. The molecule has 57 nitrogen and oxygen atoms in total. The third-order valence-electron chi connectivity index (χ3n) is 18.4. The van der Waals surface area contributed by atoms with Crippen LogP contribution < -0.4 is 169 Å². The Bertz CT molecular complexity index is 4020. The number of rotatable bonds is 68. The number of pyridine rings is 1. The molecule has 0 saturated heterocycles. The number of carbonyl (C=O) groups is 13. The van der Waals surface area contributed by atoms with Gasteiger partial charge in [-0.1, -0.05) is 17.2 Å². The summed E-state index contributed by atoms with van der Waals surface area (Å²) >= 11 is 0. The van der Waals surface area contributed by atoms with E-state index < -0.39 is 195 Å². The third-order valence-corrected chi connectivity index (χ3v) is 20.7. The van der Waals surface area contributed by atoms with Crippen molar-refractivity contribution < 1.29 is 67.3 Å². The normalized spacial score (nSPS) is 13.0. The molecule has 1 heterocycles. The van der Waals surface area contributed by atoms with Crippen LogP contribution in [0.2, 0.25) is 0 Å². The van der Waals surface area contributed by atoms with Gasteiger partial charge < -0.3 is 169 Å². The van der Waals surface area contributed by atoms with Gasteiger partial charge in [0.2, 0.25) is 70.9 Å². The van der Waals surface area contributed by atoms with Crippen LogP contribution in [0.3, 0.4) is 0 Å². The number of nitrogens with zero attached hydrogens (tertiary/aromatic N) is 2. The van der Waals surface area contributed by atoms with Gasteiger partial charge in [-0.2, -0.15) is 0 Å². The number of unbranched alkanes of at least 4 members (excludes halogenated alkanes) is 2. The van der Waals surface area contributed by atoms with E-state index >= 15 is 14.4 Å². The minimum Gasteiger partial charge on any atom is -0.370 e. The number of amides is 13. The Morgan fingerprint density at radius 1 is 0.331 bits per heavy atom. The molecule has 59 heteroatoms. The lowest BCUT2D eigenvalue weighted by atomic mass is 10.0. The first-order valence-corrected chi connectivity index (χ1v) is 43.7. The minimum absolute atomic E-state index is 0.000266. The zero-order valence-electron chi connectivity index (χ0n) is 72.4. The minimum atomic E-state index is -1.64. The van der Waals surface area contributed by atoms with E-state index in [-0.39, 0.29) is 223 Å². The maximum Gasteiger partial charge on any atom is 0.303 e. The largest absolute Gasteiger partial charge is 0.370 e. The molecule has 1 rings (SSSR count). The molecule has 0 saturated carbocycles. The molecule has 0 aromatic carbocycles. The number of aromatic nitrogens is 1. The first-order valence-electron chi connectivity index (χ1n) is 41.4. The molecule has 1 aromatic heterocycles. The maximum atomic E-state index is 15.1. The zero-order valence-corrected chi connectivity index (χ0v) is 74.1. The van der Waals surface area contributed by atoms with Gasteiger partial charge in [-0.25, -0.2) is 4.98 Å². The summed E-state index contributed by atoms with van der Waals surface area (Å²) in [5, 5.41) is 133. The van der Waals surface area contributed by atoms with Gasteiger partial charge in [0.25, 0.3) is 5.91 Å². The van der Waals surface area contributed by atoms with Crippen molar-refractivity contribution in [3.05, 3.63) is 27.9 Å². The van der Waals surface area contributed by atoms with Gasteiger partial charge in [-0.3, -0.25) is 121 Å². The molecule has 0 spiro atoms. The van der Waals surface area contributed by atoms with Gasteiger partial charge >= 0.3 is 5.69 Å². The van der Waals surface area contributed by atoms with Crippen LogP contribution in [-0.4, -0.2) is 272 Å². The predicted octanol–water partition coefficient (Wildman–Crippen LogP) is -10.8. The van der Waals surface area contributed by atoms with E-state index in [0.717, 1.165) is 40.8 Å². The Balaban J connectivity index is 3.92. The van der Waals surface area contributed by atoms with Crippen molar-refractivity contribution in [1.29, 1.82) is 48.7 Å². The van der Waals surface area contributed by atoms with E-state index in [0.29, 0.717) is 6.42 Å². The van der Waals surface area contributed by atoms with E-state index in [1.54, 1.807) is 0 Å². The molecule has 0 aliphatic carbocycles. The molecule has 10 atom stereocenters. The number of hydrogen-bond donors (Lipinski definition) is 40. The molecule has 130 heavy (non-hydrogen) atoms. The summed E-state index contributed by atoms with van der Waals surface area (Å²) < 4.78 is 0. The molecule has 0 bridgehead atoms. The fourth-order valence-electron chi connectivity index (χ4n) is 11.9. The summed E-state index contributed by atoms with van der Waals surface area (Å²) in [4.78, 5) is 196.